The largest absolute Gasteiger partial charge is 0.314 e. The van der Waals surface area contributed by atoms with Crippen molar-refractivity contribution in [3.8, 4) is 0 Å². The minimum absolute atomic E-state index is 0.371. The zero-order chi connectivity index (χ0) is 13.5. The Hall–Kier alpha value is -0.860. The third-order valence-corrected chi connectivity index (χ3v) is 4.88. The normalized spacial score (nSPS) is 28.6. The van der Waals surface area contributed by atoms with Crippen LogP contribution >= 0.6 is 0 Å². The second-order valence-electron chi connectivity index (χ2n) is 6.73. The lowest BCUT2D eigenvalue weighted by atomic mass is 9.90. The van der Waals surface area contributed by atoms with E-state index in [1.54, 1.807) is 0 Å². The van der Waals surface area contributed by atoms with E-state index < -0.39 is 0 Å². The van der Waals surface area contributed by atoms with E-state index in [1.165, 1.54) is 36.1 Å². The van der Waals surface area contributed by atoms with Gasteiger partial charge in [0.15, 0.2) is 0 Å². The monoisotopic (exact) mass is 258 g/mol. The summed E-state index contributed by atoms with van der Waals surface area (Å²) in [5.74, 6) is 0.909. The summed E-state index contributed by atoms with van der Waals surface area (Å²) >= 11 is 0. The zero-order valence-corrected chi connectivity index (χ0v) is 12.5. The van der Waals surface area contributed by atoms with Gasteiger partial charge in [0.1, 0.15) is 0 Å². The second-order valence-corrected chi connectivity index (χ2v) is 6.73. The molecule has 1 saturated carbocycles. The van der Waals surface area contributed by atoms with Gasteiger partial charge in [-0.2, -0.15) is 0 Å². The number of hydrogen-bond acceptors (Lipinski definition) is 2. The molecule has 1 heterocycles. The van der Waals surface area contributed by atoms with Crippen LogP contribution in [0.3, 0.4) is 0 Å². The molecule has 1 saturated heterocycles. The molecular formula is C17H26N2. The van der Waals surface area contributed by atoms with Crippen molar-refractivity contribution in [1.82, 2.24) is 10.2 Å². The maximum absolute atomic E-state index is 3.59. The number of piperazine rings is 1. The van der Waals surface area contributed by atoms with Crippen molar-refractivity contribution in [3.05, 3.63) is 34.9 Å². The fourth-order valence-electron chi connectivity index (χ4n) is 3.67. The molecule has 2 fully saturated rings. The molecule has 2 nitrogen and oxygen atoms in total. The molecule has 0 aromatic heterocycles. The number of benzene rings is 1. The first-order valence-electron chi connectivity index (χ1n) is 7.61. The van der Waals surface area contributed by atoms with Crippen LogP contribution in [0.2, 0.25) is 0 Å². The van der Waals surface area contributed by atoms with Crippen LogP contribution in [0.4, 0.5) is 0 Å². The summed E-state index contributed by atoms with van der Waals surface area (Å²) in [4.78, 5) is 2.72. The molecule has 1 aromatic rings. The molecule has 1 unspecified atom stereocenters. The van der Waals surface area contributed by atoms with Crippen molar-refractivity contribution < 1.29 is 0 Å². The van der Waals surface area contributed by atoms with Gasteiger partial charge < -0.3 is 5.32 Å². The van der Waals surface area contributed by atoms with Crippen LogP contribution in [0.25, 0.3) is 0 Å². The van der Waals surface area contributed by atoms with E-state index in [9.17, 15) is 0 Å². The molecule has 0 bridgehead atoms. The number of hydrogen-bond donors (Lipinski definition) is 1. The third kappa shape index (κ3) is 2.70. The lowest BCUT2D eigenvalue weighted by Gasteiger charge is -2.46. The first-order valence-corrected chi connectivity index (χ1v) is 7.61. The maximum atomic E-state index is 3.59. The molecular weight excluding hydrogens is 232 g/mol. The highest BCUT2D eigenvalue weighted by Crippen LogP contribution is 2.44. The van der Waals surface area contributed by atoms with Crippen molar-refractivity contribution in [3.63, 3.8) is 0 Å². The second kappa shape index (κ2) is 4.92. The predicted octanol–water partition coefficient (Wildman–Crippen LogP) is 2.88. The highest BCUT2D eigenvalue weighted by Gasteiger charge is 2.46. The molecule has 0 spiro atoms. The average Bonchev–Trinajstić information content (AvgIpc) is 3.15. The summed E-state index contributed by atoms with van der Waals surface area (Å²) in [5.41, 5.74) is 4.62. The fraction of sp³-hybridized carbons (Fsp3) is 0.647. The van der Waals surface area contributed by atoms with Gasteiger partial charge in [-0.15, -0.1) is 0 Å². The Balaban J connectivity index is 1.80. The molecule has 1 aliphatic carbocycles. The fourth-order valence-corrected chi connectivity index (χ4v) is 3.67. The SMILES string of the molecule is Cc1cc(C)cc(CN2CCNCC2(C)C2CC2)c1. The Kier molecular flexibility index (Phi) is 3.40. The van der Waals surface area contributed by atoms with Crippen molar-refractivity contribution in [2.45, 2.75) is 45.7 Å². The Morgan fingerprint density at radius 1 is 1.21 bits per heavy atom. The van der Waals surface area contributed by atoms with Gasteiger partial charge in [-0.1, -0.05) is 29.3 Å². The lowest BCUT2D eigenvalue weighted by Crippen LogP contribution is -2.60. The van der Waals surface area contributed by atoms with E-state index in [1.807, 2.05) is 0 Å². The number of aryl methyl sites for hydroxylation is 2. The lowest BCUT2D eigenvalue weighted by molar-refractivity contribution is 0.0484. The number of nitrogens with zero attached hydrogens (tertiary/aromatic N) is 1. The smallest absolute Gasteiger partial charge is 0.0337 e. The van der Waals surface area contributed by atoms with Crippen molar-refractivity contribution in [2.75, 3.05) is 19.6 Å². The van der Waals surface area contributed by atoms with Crippen LogP contribution in [-0.2, 0) is 6.54 Å². The van der Waals surface area contributed by atoms with Gasteiger partial charge in [0.2, 0.25) is 0 Å². The molecule has 2 heteroatoms. The molecule has 0 radical (unpaired) electrons. The Morgan fingerprint density at radius 3 is 2.53 bits per heavy atom. The van der Waals surface area contributed by atoms with E-state index in [0.29, 0.717) is 5.54 Å². The van der Waals surface area contributed by atoms with Crippen LogP contribution in [0, 0.1) is 19.8 Å². The third-order valence-electron chi connectivity index (χ3n) is 4.88. The summed E-state index contributed by atoms with van der Waals surface area (Å²) in [6, 6.07) is 6.96. The van der Waals surface area contributed by atoms with Gasteiger partial charge in [0.25, 0.3) is 0 Å². The molecule has 1 aromatic carbocycles. The van der Waals surface area contributed by atoms with E-state index in [2.05, 4.69) is 49.2 Å². The summed E-state index contributed by atoms with van der Waals surface area (Å²) in [5, 5.41) is 3.59. The molecule has 19 heavy (non-hydrogen) atoms. The minimum atomic E-state index is 0.371. The molecule has 0 amide bonds. The van der Waals surface area contributed by atoms with Gasteiger partial charge in [0, 0.05) is 31.7 Å². The Morgan fingerprint density at radius 2 is 1.89 bits per heavy atom. The van der Waals surface area contributed by atoms with Gasteiger partial charge in [0.05, 0.1) is 0 Å². The number of nitrogens with one attached hydrogen (secondary N) is 1. The van der Waals surface area contributed by atoms with E-state index in [-0.39, 0.29) is 0 Å². The van der Waals surface area contributed by atoms with Crippen LogP contribution < -0.4 is 5.32 Å². The summed E-state index contributed by atoms with van der Waals surface area (Å²) in [7, 11) is 0. The highest BCUT2D eigenvalue weighted by molar-refractivity contribution is 5.28. The Bertz CT molecular complexity index is 444. The molecule has 2 aliphatic rings. The van der Waals surface area contributed by atoms with Gasteiger partial charge in [-0.25, -0.2) is 0 Å². The summed E-state index contributed by atoms with van der Waals surface area (Å²) in [6.07, 6.45) is 2.84. The van der Waals surface area contributed by atoms with Crippen molar-refractivity contribution in [1.29, 1.82) is 0 Å². The van der Waals surface area contributed by atoms with E-state index >= 15 is 0 Å². The van der Waals surface area contributed by atoms with Crippen molar-refractivity contribution in [2.24, 2.45) is 5.92 Å². The van der Waals surface area contributed by atoms with Crippen LogP contribution in [-0.4, -0.2) is 30.1 Å². The minimum Gasteiger partial charge on any atom is -0.314 e. The summed E-state index contributed by atoms with van der Waals surface area (Å²) in [6.45, 7) is 11.4. The first-order chi connectivity index (χ1) is 9.08. The molecule has 1 atom stereocenters. The van der Waals surface area contributed by atoms with Crippen molar-refractivity contribution >= 4 is 0 Å². The van der Waals surface area contributed by atoms with E-state index in [4.69, 9.17) is 0 Å². The predicted molar refractivity (Wildman–Crippen MR) is 80.3 cm³/mol. The number of rotatable bonds is 3. The van der Waals surface area contributed by atoms with Gasteiger partial charge in [-0.05, 0) is 45.1 Å². The standard InChI is InChI=1S/C17H26N2/c1-13-8-14(2)10-15(9-13)11-19-7-6-18-12-17(19,3)16-4-5-16/h8-10,16,18H,4-7,11-12H2,1-3H3. The maximum Gasteiger partial charge on any atom is 0.0337 e. The van der Waals surface area contributed by atoms with Gasteiger partial charge in [-0.3, -0.25) is 4.90 Å². The average molecular weight is 258 g/mol. The molecule has 104 valence electrons. The topological polar surface area (TPSA) is 15.3 Å². The summed E-state index contributed by atoms with van der Waals surface area (Å²) < 4.78 is 0. The van der Waals surface area contributed by atoms with Crippen LogP contribution in [0.5, 0.6) is 0 Å². The highest BCUT2D eigenvalue weighted by atomic mass is 15.3. The van der Waals surface area contributed by atoms with Gasteiger partial charge >= 0.3 is 0 Å². The Labute approximate surface area is 117 Å². The van der Waals surface area contributed by atoms with E-state index in [0.717, 1.165) is 25.6 Å². The quantitative estimate of drug-likeness (QED) is 0.897. The first kappa shape index (κ1) is 13.1. The molecule has 1 aliphatic heterocycles. The zero-order valence-electron chi connectivity index (χ0n) is 12.5. The van der Waals surface area contributed by atoms with Crippen LogP contribution in [0.15, 0.2) is 18.2 Å². The molecule has 1 N–H and O–H groups in total. The molecule has 3 rings (SSSR count). The van der Waals surface area contributed by atoms with Crippen LogP contribution in [0.1, 0.15) is 36.5 Å².